The van der Waals surface area contributed by atoms with Crippen molar-refractivity contribution in [2.45, 2.75) is 154 Å². The predicted molar refractivity (Wildman–Crippen MR) is 175 cm³/mol. The predicted octanol–water partition coefficient (Wildman–Crippen LogP) is 5.11. The Morgan fingerprint density at radius 1 is 0.500 bits per heavy atom. The molecule has 0 aliphatic carbocycles. The van der Waals surface area contributed by atoms with Gasteiger partial charge in [0.2, 0.25) is 29.5 Å². The molecule has 3 fully saturated rings. The minimum atomic E-state index is -0.276. The fourth-order valence-corrected chi connectivity index (χ4v) is 5.72. The van der Waals surface area contributed by atoms with Crippen LogP contribution in [0.25, 0.3) is 0 Å². The monoisotopic (exact) mass is 621 g/mol. The number of nitrogens with zero attached hydrogens (tertiary/aromatic N) is 2. The largest absolute Gasteiger partial charge is 0.370 e. The van der Waals surface area contributed by atoms with E-state index in [4.69, 9.17) is 11.5 Å². The smallest absolute Gasteiger partial charge is 0.222 e. The van der Waals surface area contributed by atoms with Gasteiger partial charge in [-0.3, -0.25) is 24.0 Å². The van der Waals surface area contributed by atoms with Crippen LogP contribution in [0, 0.1) is 0 Å². The molecule has 44 heavy (non-hydrogen) atoms. The number of unbranched alkanes of at least 4 members (excludes halogenated alkanes) is 6. The first-order chi connectivity index (χ1) is 21.3. The number of amides is 5. The number of carbonyl (C=O) groups excluding carboxylic acids is 5. The molecular formula is C34H63N5O5. The summed E-state index contributed by atoms with van der Waals surface area (Å²) in [4.78, 5) is 59.5. The van der Waals surface area contributed by atoms with E-state index in [9.17, 15) is 24.0 Å². The Balaban J connectivity index is 0.000000358. The van der Waals surface area contributed by atoms with Gasteiger partial charge in [0, 0.05) is 64.8 Å². The molecule has 3 aliphatic rings. The summed E-state index contributed by atoms with van der Waals surface area (Å²) in [5.41, 5.74) is 10.1. The van der Waals surface area contributed by atoms with Gasteiger partial charge in [-0.25, -0.2) is 0 Å². The maximum Gasteiger partial charge on any atom is 0.222 e. The van der Waals surface area contributed by atoms with Gasteiger partial charge < -0.3 is 26.6 Å². The van der Waals surface area contributed by atoms with Crippen LogP contribution in [0.15, 0.2) is 0 Å². The van der Waals surface area contributed by atoms with Crippen LogP contribution in [0.2, 0.25) is 0 Å². The first-order valence-corrected chi connectivity index (χ1v) is 17.7. The summed E-state index contributed by atoms with van der Waals surface area (Å²) in [6.07, 6.45) is 23.9. The fourth-order valence-electron chi connectivity index (χ4n) is 5.72. The van der Waals surface area contributed by atoms with Crippen molar-refractivity contribution in [3.05, 3.63) is 0 Å². The van der Waals surface area contributed by atoms with E-state index in [1.54, 1.807) is 0 Å². The first-order valence-electron chi connectivity index (χ1n) is 17.7. The summed E-state index contributed by atoms with van der Waals surface area (Å²) in [6, 6.07) is 0. The second kappa shape index (κ2) is 26.7. The molecule has 0 atom stereocenters. The number of primary amides is 2. The quantitative estimate of drug-likeness (QED) is 0.230. The lowest BCUT2D eigenvalue weighted by Gasteiger charge is -2.20. The highest BCUT2D eigenvalue weighted by Gasteiger charge is 2.15. The fraction of sp³-hybridized carbons (Fsp3) is 0.853. The van der Waals surface area contributed by atoms with Gasteiger partial charge in [0.05, 0.1) is 0 Å². The summed E-state index contributed by atoms with van der Waals surface area (Å²) >= 11 is 0. The van der Waals surface area contributed by atoms with Crippen molar-refractivity contribution in [2.24, 2.45) is 11.5 Å². The maximum absolute atomic E-state index is 12.0. The number of carbonyl (C=O) groups is 5. The molecule has 0 bridgehead atoms. The molecule has 0 saturated carbocycles. The summed E-state index contributed by atoms with van der Waals surface area (Å²) < 4.78 is 0. The molecule has 10 nitrogen and oxygen atoms in total. The van der Waals surface area contributed by atoms with Crippen LogP contribution in [0.3, 0.4) is 0 Å². The lowest BCUT2D eigenvalue weighted by Crippen LogP contribution is -2.31. The highest BCUT2D eigenvalue weighted by atomic mass is 16.2. The van der Waals surface area contributed by atoms with E-state index in [0.717, 1.165) is 116 Å². The topological polar surface area (TPSA) is 156 Å². The molecule has 0 aromatic heterocycles. The molecule has 0 aromatic rings. The molecule has 10 heteroatoms. The number of likely N-dealkylation sites (tertiary alicyclic amines) is 2. The van der Waals surface area contributed by atoms with E-state index in [1.807, 2.05) is 4.90 Å². The first kappa shape index (κ1) is 39.4. The number of hydrogen-bond donors (Lipinski definition) is 3. The molecule has 0 radical (unpaired) electrons. The number of rotatable bonds is 14. The Morgan fingerprint density at radius 3 is 1.32 bits per heavy atom. The second-order valence-corrected chi connectivity index (χ2v) is 12.5. The zero-order valence-corrected chi connectivity index (χ0v) is 27.6. The minimum absolute atomic E-state index is 0.201. The Kier molecular flexibility index (Phi) is 23.9. The van der Waals surface area contributed by atoms with Gasteiger partial charge in [-0.2, -0.15) is 0 Å². The molecule has 0 spiro atoms. The molecule has 0 aromatic carbocycles. The van der Waals surface area contributed by atoms with Gasteiger partial charge in [0.15, 0.2) is 0 Å². The molecule has 3 saturated heterocycles. The van der Waals surface area contributed by atoms with Crippen LogP contribution in [0.4, 0.5) is 0 Å². The lowest BCUT2D eigenvalue weighted by molar-refractivity contribution is -0.132. The molecule has 5 N–H and O–H groups in total. The Morgan fingerprint density at radius 2 is 0.864 bits per heavy atom. The van der Waals surface area contributed by atoms with E-state index in [2.05, 4.69) is 10.2 Å². The van der Waals surface area contributed by atoms with Crippen LogP contribution in [-0.2, 0) is 24.0 Å². The Labute approximate surface area is 266 Å². The molecule has 3 rings (SSSR count). The third-order valence-corrected chi connectivity index (χ3v) is 8.45. The minimum Gasteiger partial charge on any atom is -0.370 e. The van der Waals surface area contributed by atoms with E-state index >= 15 is 0 Å². The van der Waals surface area contributed by atoms with Gasteiger partial charge in [-0.1, -0.05) is 57.8 Å². The summed E-state index contributed by atoms with van der Waals surface area (Å²) in [5.74, 6) is 0.338. The van der Waals surface area contributed by atoms with E-state index < -0.39 is 0 Å². The van der Waals surface area contributed by atoms with E-state index in [-0.39, 0.29) is 23.6 Å². The van der Waals surface area contributed by atoms with Gasteiger partial charge >= 0.3 is 0 Å². The van der Waals surface area contributed by atoms with Gasteiger partial charge in [0.1, 0.15) is 0 Å². The van der Waals surface area contributed by atoms with Gasteiger partial charge in [0.25, 0.3) is 0 Å². The third-order valence-electron chi connectivity index (χ3n) is 8.45. The van der Waals surface area contributed by atoms with Crippen molar-refractivity contribution < 1.29 is 24.0 Å². The zero-order chi connectivity index (χ0) is 32.3. The summed E-state index contributed by atoms with van der Waals surface area (Å²) in [5, 5.41) is 2.81. The SMILES string of the molecule is NC(=O)CCCCC(=O)N1CCCCCC1.NC(=O)CCCCCCCCC(=O)N1CCCCCC1.O=C1CCCCCN1. The number of nitrogens with two attached hydrogens (primary N) is 2. The standard InChI is InChI=1S/C16H30N2O2.C12H22N2O2.C6H11NO/c17-15(19)11-7-3-1-2-4-8-12-16(20)18-13-9-5-6-10-14-18;13-11(15)7-3-4-8-12(16)14-9-5-1-2-6-10-14;8-6-4-2-1-3-5-7-6/h1-14H2,(H2,17,19);1-10H2,(H2,13,15);1-5H2,(H,7,8). The molecule has 3 heterocycles. The van der Waals surface area contributed by atoms with Crippen LogP contribution < -0.4 is 16.8 Å². The lowest BCUT2D eigenvalue weighted by atomic mass is 10.1. The average molecular weight is 622 g/mol. The van der Waals surface area contributed by atoms with Crippen LogP contribution in [0.1, 0.15) is 154 Å². The van der Waals surface area contributed by atoms with Crippen molar-refractivity contribution in [3.63, 3.8) is 0 Å². The average Bonchev–Trinajstić information content (AvgIpc) is 3.54. The van der Waals surface area contributed by atoms with Crippen molar-refractivity contribution in [3.8, 4) is 0 Å². The Hall–Kier alpha value is -2.65. The zero-order valence-electron chi connectivity index (χ0n) is 27.6. The molecule has 5 amide bonds. The van der Waals surface area contributed by atoms with Crippen molar-refractivity contribution in [2.75, 3.05) is 32.7 Å². The van der Waals surface area contributed by atoms with Gasteiger partial charge in [-0.15, -0.1) is 0 Å². The number of nitrogens with one attached hydrogen (secondary N) is 1. The van der Waals surface area contributed by atoms with Crippen LogP contribution in [0.5, 0.6) is 0 Å². The van der Waals surface area contributed by atoms with Crippen molar-refractivity contribution in [1.82, 2.24) is 15.1 Å². The molecule has 0 unspecified atom stereocenters. The van der Waals surface area contributed by atoms with Crippen molar-refractivity contribution in [1.29, 1.82) is 0 Å². The van der Waals surface area contributed by atoms with Crippen LogP contribution in [-0.4, -0.2) is 72.1 Å². The van der Waals surface area contributed by atoms with E-state index in [1.165, 1.54) is 44.9 Å². The summed E-state index contributed by atoms with van der Waals surface area (Å²) in [7, 11) is 0. The normalized spacial score (nSPS) is 17.3. The van der Waals surface area contributed by atoms with E-state index in [0.29, 0.717) is 31.6 Å². The molecule has 3 aliphatic heterocycles. The maximum atomic E-state index is 12.0. The van der Waals surface area contributed by atoms with Crippen molar-refractivity contribution >= 4 is 29.5 Å². The van der Waals surface area contributed by atoms with Crippen LogP contribution >= 0.6 is 0 Å². The summed E-state index contributed by atoms with van der Waals surface area (Å²) in [6.45, 7) is 4.64. The number of hydrogen-bond acceptors (Lipinski definition) is 5. The second-order valence-electron chi connectivity index (χ2n) is 12.5. The molecule has 254 valence electrons. The third kappa shape index (κ3) is 22.8. The highest BCUT2D eigenvalue weighted by molar-refractivity contribution is 5.77. The molecular weight excluding hydrogens is 558 g/mol. The Bertz CT molecular complexity index is 796. The highest BCUT2D eigenvalue weighted by Crippen LogP contribution is 2.14. The van der Waals surface area contributed by atoms with Gasteiger partial charge in [-0.05, 0) is 64.2 Å².